The number of benzene rings is 2. The van der Waals surface area contributed by atoms with Gasteiger partial charge in [0.05, 0.1) is 5.52 Å². The molecule has 0 unspecified atom stereocenters. The van der Waals surface area contributed by atoms with Gasteiger partial charge in [0, 0.05) is 58.1 Å². The first-order valence-electron chi connectivity index (χ1n) is 9.31. The SMILES string of the molecule is O=C(COc1ccc2ccc(=O)oc2c1)N1CCc2[nH]c3c(Br)cccc3c2C1. The van der Waals surface area contributed by atoms with Gasteiger partial charge in [0.1, 0.15) is 11.3 Å². The fourth-order valence-electron chi connectivity index (χ4n) is 3.78. The van der Waals surface area contributed by atoms with Gasteiger partial charge >= 0.3 is 5.63 Å². The molecule has 0 bridgehead atoms. The van der Waals surface area contributed by atoms with Crippen molar-refractivity contribution in [3.63, 3.8) is 0 Å². The van der Waals surface area contributed by atoms with Crippen molar-refractivity contribution >= 4 is 43.7 Å². The average molecular weight is 453 g/mol. The molecule has 5 rings (SSSR count). The number of ether oxygens (including phenoxy) is 1. The molecule has 4 aromatic rings. The van der Waals surface area contributed by atoms with Crippen LogP contribution in [0.4, 0.5) is 0 Å². The van der Waals surface area contributed by atoms with E-state index >= 15 is 0 Å². The highest BCUT2D eigenvalue weighted by molar-refractivity contribution is 9.10. The maximum Gasteiger partial charge on any atom is 0.336 e. The molecule has 1 amide bonds. The van der Waals surface area contributed by atoms with Crippen molar-refractivity contribution in [3.05, 3.63) is 74.7 Å². The van der Waals surface area contributed by atoms with Crippen LogP contribution < -0.4 is 10.4 Å². The van der Waals surface area contributed by atoms with Gasteiger partial charge in [-0.25, -0.2) is 4.79 Å². The number of aromatic amines is 1. The van der Waals surface area contributed by atoms with Crippen molar-refractivity contribution in [1.29, 1.82) is 0 Å². The molecule has 0 aliphatic carbocycles. The molecule has 1 N–H and O–H groups in total. The molecule has 0 atom stereocenters. The Labute approximate surface area is 174 Å². The monoisotopic (exact) mass is 452 g/mol. The number of nitrogens with one attached hydrogen (secondary N) is 1. The average Bonchev–Trinajstić information content (AvgIpc) is 3.11. The summed E-state index contributed by atoms with van der Waals surface area (Å²) in [6, 6.07) is 14.4. The summed E-state index contributed by atoms with van der Waals surface area (Å²) < 4.78 is 11.9. The third kappa shape index (κ3) is 3.31. The van der Waals surface area contributed by atoms with E-state index in [1.165, 1.54) is 11.8 Å². The minimum Gasteiger partial charge on any atom is -0.484 e. The Balaban J connectivity index is 1.31. The standard InChI is InChI=1S/C22H17BrN2O4/c23-17-3-1-2-15-16-11-25(9-8-18(16)24-22(15)17)20(26)12-28-14-6-4-13-5-7-21(27)29-19(13)10-14/h1-7,10,24H,8-9,11-12H2. The van der Waals surface area contributed by atoms with Gasteiger partial charge in [0.25, 0.3) is 5.91 Å². The number of halogens is 1. The van der Waals surface area contributed by atoms with Crippen LogP contribution in [0.25, 0.3) is 21.9 Å². The van der Waals surface area contributed by atoms with Gasteiger partial charge in [0.2, 0.25) is 0 Å². The van der Waals surface area contributed by atoms with E-state index < -0.39 is 5.63 Å². The summed E-state index contributed by atoms with van der Waals surface area (Å²) in [4.78, 5) is 29.4. The van der Waals surface area contributed by atoms with E-state index in [-0.39, 0.29) is 12.5 Å². The maximum absolute atomic E-state index is 12.7. The third-order valence-corrected chi connectivity index (χ3v) is 5.93. The Morgan fingerprint density at radius 2 is 2.07 bits per heavy atom. The van der Waals surface area contributed by atoms with E-state index in [1.807, 2.05) is 17.0 Å². The highest BCUT2D eigenvalue weighted by Gasteiger charge is 2.24. The fraction of sp³-hybridized carbons (Fsp3) is 0.182. The molecule has 2 aromatic carbocycles. The van der Waals surface area contributed by atoms with Crippen LogP contribution in [0.5, 0.6) is 5.75 Å². The first-order valence-corrected chi connectivity index (χ1v) is 10.1. The van der Waals surface area contributed by atoms with Gasteiger partial charge < -0.3 is 19.0 Å². The van der Waals surface area contributed by atoms with E-state index in [4.69, 9.17) is 9.15 Å². The van der Waals surface area contributed by atoms with Gasteiger partial charge in [-0.3, -0.25) is 4.79 Å². The number of carbonyl (C=O) groups is 1. The summed E-state index contributed by atoms with van der Waals surface area (Å²) in [5.74, 6) is 0.420. The van der Waals surface area contributed by atoms with Gasteiger partial charge in [0.15, 0.2) is 6.61 Å². The summed E-state index contributed by atoms with van der Waals surface area (Å²) in [5, 5.41) is 1.94. The molecule has 3 heterocycles. The summed E-state index contributed by atoms with van der Waals surface area (Å²) in [6.07, 6.45) is 0.781. The van der Waals surface area contributed by atoms with Crippen LogP contribution in [-0.4, -0.2) is 28.9 Å². The molecule has 1 aliphatic heterocycles. The number of hydrogen-bond donors (Lipinski definition) is 1. The molecule has 0 saturated carbocycles. The molecular formula is C22H17BrN2O4. The van der Waals surface area contributed by atoms with Crippen LogP contribution in [0.15, 0.2) is 62.2 Å². The van der Waals surface area contributed by atoms with Crippen LogP contribution in [0.3, 0.4) is 0 Å². The molecule has 29 heavy (non-hydrogen) atoms. The van der Waals surface area contributed by atoms with Crippen molar-refractivity contribution in [2.24, 2.45) is 0 Å². The zero-order chi connectivity index (χ0) is 20.0. The van der Waals surface area contributed by atoms with Crippen molar-refractivity contribution < 1.29 is 13.9 Å². The molecular weight excluding hydrogens is 436 g/mol. The Morgan fingerprint density at radius 3 is 2.97 bits per heavy atom. The van der Waals surface area contributed by atoms with Crippen LogP contribution in [0, 0.1) is 0 Å². The van der Waals surface area contributed by atoms with Gasteiger partial charge in [-0.1, -0.05) is 12.1 Å². The highest BCUT2D eigenvalue weighted by atomic mass is 79.9. The Morgan fingerprint density at radius 1 is 1.21 bits per heavy atom. The van der Waals surface area contributed by atoms with Crippen LogP contribution >= 0.6 is 15.9 Å². The van der Waals surface area contributed by atoms with Crippen LogP contribution in [0.1, 0.15) is 11.3 Å². The summed E-state index contributed by atoms with van der Waals surface area (Å²) >= 11 is 3.58. The predicted molar refractivity (Wildman–Crippen MR) is 113 cm³/mol. The van der Waals surface area contributed by atoms with Crippen LogP contribution in [0.2, 0.25) is 0 Å². The van der Waals surface area contributed by atoms with Crippen molar-refractivity contribution in [2.75, 3.05) is 13.2 Å². The first kappa shape index (κ1) is 18.0. The molecule has 0 fully saturated rings. The lowest BCUT2D eigenvalue weighted by Gasteiger charge is -2.27. The molecule has 146 valence electrons. The number of nitrogens with zero attached hydrogens (tertiary/aromatic N) is 1. The second kappa shape index (κ2) is 7.08. The number of H-pyrrole nitrogens is 1. The van der Waals surface area contributed by atoms with E-state index in [2.05, 4.69) is 27.0 Å². The maximum atomic E-state index is 12.7. The predicted octanol–water partition coefficient (Wildman–Crippen LogP) is 4.00. The Kier molecular flexibility index (Phi) is 4.39. The van der Waals surface area contributed by atoms with Gasteiger partial charge in [-0.2, -0.15) is 0 Å². The Hall–Kier alpha value is -3.06. The van der Waals surface area contributed by atoms with Crippen molar-refractivity contribution in [2.45, 2.75) is 13.0 Å². The summed E-state index contributed by atoms with van der Waals surface area (Å²) in [7, 11) is 0. The second-order valence-corrected chi connectivity index (χ2v) is 7.91. The molecule has 0 spiro atoms. The number of fused-ring (bicyclic) bond motifs is 4. The quantitative estimate of drug-likeness (QED) is 0.476. The zero-order valence-electron chi connectivity index (χ0n) is 15.4. The normalized spacial score (nSPS) is 13.6. The topological polar surface area (TPSA) is 75.5 Å². The van der Waals surface area contributed by atoms with Gasteiger partial charge in [-0.15, -0.1) is 0 Å². The third-order valence-electron chi connectivity index (χ3n) is 5.27. The second-order valence-electron chi connectivity index (χ2n) is 7.05. The van der Waals surface area contributed by atoms with E-state index in [0.717, 1.165) is 32.7 Å². The van der Waals surface area contributed by atoms with Crippen molar-refractivity contribution in [3.8, 4) is 5.75 Å². The minimum atomic E-state index is -0.416. The lowest BCUT2D eigenvalue weighted by molar-refractivity contribution is -0.134. The van der Waals surface area contributed by atoms with Gasteiger partial charge in [-0.05, 0) is 40.2 Å². The zero-order valence-corrected chi connectivity index (χ0v) is 17.0. The number of rotatable bonds is 3. The fourth-order valence-corrected chi connectivity index (χ4v) is 4.25. The summed E-state index contributed by atoms with van der Waals surface area (Å²) in [5.41, 5.74) is 3.44. The lowest BCUT2D eigenvalue weighted by Crippen LogP contribution is -2.38. The Bertz CT molecular complexity index is 1310. The molecule has 2 aromatic heterocycles. The van der Waals surface area contributed by atoms with E-state index in [0.29, 0.717) is 24.4 Å². The van der Waals surface area contributed by atoms with E-state index in [9.17, 15) is 9.59 Å². The number of para-hydroxylation sites is 1. The van der Waals surface area contributed by atoms with Crippen molar-refractivity contribution in [1.82, 2.24) is 9.88 Å². The number of hydrogen-bond acceptors (Lipinski definition) is 4. The molecule has 0 radical (unpaired) electrons. The number of aromatic nitrogens is 1. The smallest absolute Gasteiger partial charge is 0.336 e. The van der Waals surface area contributed by atoms with E-state index in [1.54, 1.807) is 24.3 Å². The lowest BCUT2D eigenvalue weighted by atomic mass is 10.0. The number of carbonyl (C=O) groups excluding carboxylic acids is 1. The molecule has 6 nitrogen and oxygen atoms in total. The number of amides is 1. The molecule has 1 aliphatic rings. The highest BCUT2D eigenvalue weighted by Crippen LogP contribution is 2.31. The minimum absolute atomic E-state index is 0.0655. The first-order chi connectivity index (χ1) is 14.1. The molecule has 7 heteroatoms. The largest absolute Gasteiger partial charge is 0.484 e. The molecule has 0 saturated heterocycles. The summed E-state index contributed by atoms with van der Waals surface area (Å²) in [6.45, 7) is 1.14. The van der Waals surface area contributed by atoms with Crippen LogP contribution in [-0.2, 0) is 17.8 Å².